The van der Waals surface area contributed by atoms with Crippen LogP contribution in [-0.2, 0) is 10.2 Å². The molecular formula is C20H19N5O2. The molecule has 0 saturated heterocycles. The summed E-state index contributed by atoms with van der Waals surface area (Å²) in [6.07, 6.45) is 4.21. The van der Waals surface area contributed by atoms with Gasteiger partial charge >= 0.3 is 0 Å². The standard InChI is InChI=1S/C20H19N5O2/c1-20(2)14-11-13(15-5-6-17(26)25-24-15)3-4-16(14)22-19(20)23-18(27)12-7-9-21-10-8-12/h3-4,7-11H,5-6H2,1-2H3,(H,25,26)(H,22,23,27). The van der Waals surface area contributed by atoms with Crippen molar-refractivity contribution in [2.75, 3.05) is 0 Å². The van der Waals surface area contributed by atoms with Crippen LogP contribution in [0.1, 0.15) is 48.2 Å². The molecule has 0 bridgehead atoms. The van der Waals surface area contributed by atoms with E-state index in [1.165, 1.54) is 0 Å². The number of rotatable bonds is 2. The van der Waals surface area contributed by atoms with Gasteiger partial charge in [-0.2, -0.15) is 5.10 Å². The van der Waals surface area contributed by atoms with E-state index in [9.17, 15) is 9.59 Å². The van der Waals surface area contributed by atoms with Crippen molar-refractivity contribution in [3.63, 3.8) is 0 Å². The van der Waals surface area contributed by atoms with Crippen LogP contribution in [0.3, 0.4) is 0 Å². The van der Waals surface area contributed by atoms with Crippen LogP contribution in [0.4, 0.5) is 5.69 Å². The number of aromatic nitrogens is 1. The molecule has 0 radical (unpaired) electrons. The molecule has 4 rings (SSSR count). The van der Waals surface area contributed by atoms with Crippen molar-refractivity contribution in [1.82, 2.24) is 15.7 Å². The minimum absolute atomic E-state index is 0.0651. The normalized spacial score (nSPS) is 17.5. The van der Waals surface area contributed by atoms with Gasteiger partial charge in [0.15, 0.2) is 0 Å². The third kappa shape index (κ3) is 3.12. The zero-order chi connectivity index (χ0) is 19.0. The number of nitrogens with zero attached hydrogens (tertiary/aromatic N) is 3. The molecule has 1 aromatic carbocycles. The van der Waals surface area contributed by atoms with Gasteiger partial charge in [-0.15, -0.1) is 0 Å². The summed E-state index contributed by atoms with van der Waals surface area (Å²) in [7, 11) is 0. The molecule has 7 nitrogen and oxygen atoms in total. The molecule has 0 atom stereocenters. The molecule has 0 spiro atoms. The van der Waals surface area contributed by atoms with Gasteiger partial charge in [0.25, 0.3) is 5.91 Å². The Balaban J connectivity index is 1.60. The second kappa shape index (κ2) is 6.42. The van der Waals surface area contributed by atoms with Gasteiger partial charge in [0, 0.05) is 36.2 Å². The van der Waals surface area contributed by atoms with Crippen molar-refractivity contribution < 1.29 is 9.59 Å². The Labute approximate surface area is 156 Å². The number of hydrazone groups is 1. The lowest BCUT2D eigenvalue weighted by Gasteiger charge is -2.23. The van der Waals surface area contributed by atoms with E-state index in [0.717, 1.165) is 22.5 Å². The van der Waals surface area contributed by atoms with E-state index in [4.69, 9.17) is 0 Å². The van der Waals surface area contributed by atoms with Gasteiger partial charge in [-0.1, -0.05) is 6.07 Å². The Kier molecular flexibility index (Phi) is 4.07. The third-order valence-electron chi connectivity index (χ3n) is 4.91. The number of carbonyl (C=O) groups is 2. The van der Waals surface area contributed by atoms with Crippen molar-refractivity contribution in [2.24, 2.45) is 10.1 Å². The summed E-state index contributed by atoms with van der Waals surface area (Å²) in [6.45, 7) is 4.05. The Bertz CT molecular complexity index is 993. The van der Waals surface area contributed by atoms with E-state index in [1.54, 1.807) is 24.5 Å². The lowest BCUT2D eigenvalue weighted by molar-refractivity contribution is -0.121. The van der Waals surface area contributed by atoms with Crippen LogP contribution in [-0.4, -0.2) is 28.3 Å². The van der Waals surface area contributed by atoms with Crippen LogP contribution in [0.5, 0.6) is 0 Å². The zero-order valence-corrected chi connectivity index (χ0v) is 15.1. The number of carbonyl (C=O) groups excluding carboxylic acids is 2. The van der Waals surface area contributed by atoms with Crippen molar-refractivity contribution in [3.8, 4) is 0 Å². The van der Waals surface area contributed by atoms with E-state index in [1.807, 2.05) is 32.0 Å². The van der Waals surface area contributed by atoms with Crippen LogP contribution in [0, 0.1) is 0 Å². The van der Waals surface area contributed by atoms with E-state index < -0.39 is 5.41 Å². The summed E-state index contributed by atoms with van der Waals surface area (Å²) in [5, 5.41) is 7.10. The number of amides is 2. The fourth-order valence-corrected chi connectivity index (χ4v) is 3.25. The first-order valence-corrected chi connectivity index (χ1v) is 8.76. The van der Waals surface area contributed by atoms with Gasteiger partial charge in [-0.3, -0.25) is 14.6 Å². The van der Waals surface area contributed by atoms with Crippen LogP contribution in [0.25, 0.3) is 0 Å². The summed E-state index contributed by atoms with van der Waals surface area (Å²) in [6, 6.07) is 9.25. The zero-order valence-electron chi connectivity index (χ0n) is 15.1. The predicted octanol–water partition coefficient (Wildman–Crippen LogP) is 2.45. The summed E-state index contributed by atoms with van der Waals surface area (Å²) < 4.78 is 0. The molecule has 7 heteroatoms. The van der Waals surface area contributed by atoms with Gasteiger partial charge < -0.3 is 5.32 Å². The Morgan fingerprint density at radius 2 is 1.93 bits per heavy atom. The smallest absolute Gasteiger partial charge is 0.256 e. The van der Waals surface area contributed by atoms with E-state index >= 15 is 0 Å². The van der Waals surface area contributed by atoms with Crippen LogP contribution < -0.4 is 10.7 Å². The van der Waals surface area contributed by atoms with Gasteiger partial charge in [0.1, 0.15) is 5.84 Å². The number of hydrogen-bond acceptors (Lipinski definition) is 5. The molecule has 2 aromatic rings. The number of nitrogens with one attached hydrogen (secondary N) is 2. The first kappa shape index (κ1) is 17.1. The number of amidine groups is 1. The maximum absolute atomic E-state index is 12.5. The molecule has 3 heterocycles. The molecular weight excluding hydrogens is 342 g/mol. The summed E-state index contributed by atoms with van der Waals surface area (Å²) in [5.41, 5.74) is 6.27. The average Bonchev–Trinajstić information content (AvgIpc) is 2.93. The number of pyridine rings is 1. The molecule has 136 valence electrons. The van der Waals surface area contributed by atoms with Crippen LogP contribution in [0.15, 0.2) is 52.8 Å². The Morgan fingerprint density at radius 3 is 2.63 bits per heavy atom. The molecule has 0 saturated carbocycles. The van der Waals surface area contributed by atoms with Crippen molar-refractivity contribution >= 4 is 29.0 Å². The van der Waals surface area contributed by atoms with Crippen molar-refractivity contribution in [3.05, 3.63) is 59.4 Å². The predicted molar refractivity (Wildman–Crippen MR) is 102 cm³/mol. The van der Waals surface area contributed by atoms with Crippen LogP contribution in [0.2, 0.25) is 0 Å². The molecule has 2 aliphatic heterocycles. The van der Waals surface area contributed by atoms with Crippen molar-refractivity contribution in [1.29, 1.82) is 0 Å². The highest BCUT2D eigenvalue weighted by atomic mass is 16.2. The minimum Gasteiger partial charge on any atom is -0.309 e. The number of aliphatic imine (C=N–C) groups is 1. The first-order chi connectivity index (χ1) is 12.9. The Morgan fingerprint density at radius 1 is 1.15 bits per heavy atom. The van der Waals surface area contributed by atoms with E-state index in [2.05, 4.69) is 25.8 Å². The van der Waals surface area contributed by atoms with E-state index in [-0.39, 0.29) is 11.8 Å². The first-order valence-electron chi connectivity index (χ1n) is 8.76. The average molecular weight is 361 g/mol. The molecule has 0 fully saturated rings. The molecule has 2 aliphatic rings. The fourth-order valence-electron chi connectivity index (χ4n) is 3.25. The van der Waals surface area contributed by atoms with Crippen molar-refractivity contribution in [2.45, 2.75) is 32.1 Å². The summed E-state index contributed by atoms with van der Waals surface area (Å²) in [4.78, 5) is 32.4. The number of benzene rings is 1. The molecule has 0 unspecified atom stereocenters. The second-order valence-electron chi connectivity index (χ2n) is 7.10. The molecule has 0 aliphatic carbocycles. The van der Waals surface area contributed by atoms with Gasteiger partial charge in [0.05, 0.1) is 11.4 Å². The van der Waals surface area contributed by atoms with Gasteiger partial charge in [-0.25, -0.2) is 10.4 Å². The largest absolute Gasteiger partial charge is 0.309 e. The number of fused-ring (bicyclic) bond motifs is 1. The highest BCUT2D eigenvalue weighted by Gasteiger charge is 2.36. The lowest BCUT2D eigenvalue weighted by atomic mass is 9.83. The molecule has 1 aromatic heterocycles. The Hall–Kier alpha value is -3.35. The number of hydrogen-bond donors (Lipinski definition) is 2. The highest BCUT2D eigenvalue weighted by Crippen LogP contribution is 2.40. The highest BCUT2D eigenvalue weighted by molar-refractivity contribution is 6.13. The summed E-state index contributed by atoms with van der Waals surface area (Å²) in [5.74, 6) is 0.330. The van der Waals surface area contributed by atoms with Gasteiger partial charge in [-0.05, 0) is 49.2 Å². The SMILES string of the molecule is CC1(C)C(NC(=O)c2ccncc2)=Nc2ccc(C3=NNC(=O)CC3)cc21. The van der Waals surface area contributed by atoms with Gasteiger partial charge in [0.2, 0.25) is 5.91 Å². The third-order valence-corrected chi connectivity index (χ3v) is 4.91. The second-order valence-corrected chi connectivity index (χ2v) is 7.10. The summed E-state index contributed by atoms with van der Waals surface area (Å²) >= 11 is 0. The lowest BCUT2D eigenvalue weighted by Crippen LogP contribution is -2.41. The van der Waals surface area contributed by atoms with E-state index in [0.29, 0.717) is 24.2 Å². The monoisotopic (exact) mass is 361 g/mol. The minimum atomic E-state index is -0.452. The topological polar surface area (TPSA) is 95.8 Å². The molecule has 2 amide bonds. The fraction of sp³-hybridized carbons (Fsp3) is 0.250. The maximum atomic E-state index is 12.5. The molecule has 27 heavy (non-hydrogen) atoms. The maximum Gasteiger partial charge on any atom is 0.256 e. The van der Waals surface area contributed by atoms with Crippen LogP contribution >= 0.6 is 0 Å². The quantitative estimate of drug-likeness (QED) is 0.860. The molecule has 2 N–H and O–H groups in total.